The van der Waals surface area contributed by atoms with Crippen molar-refractivity contribution in [3.63, 3.8) is 0 Å². The number of aromatic amines is 1. The second kappa shape index (κ2) is 4.46. The summed E-state index contributed by atoms with van der Waals surface area (Å²) in [5.74, 6) is 0.264. The third kappa shape index (κ3) is 1.69. The van der Waals surface area contributed by atoms with Crippen molar-refractivity contribution >= 4 is 22.3 Å². The lowest BCUT2D eigenvalue weighted by Crippen LogP contribution is -2.12. The van der Waals surface area contributed by atoms with Crippen molar-refractivity contribution in [1.29, 1.82) is 0 Å². The third-order valence-electron chi connectivity index (χ3n) is 4.03. The van der Waals surface area contributed by atoms with Gasteiger partial charge in [0.1, 0.15) is 0 Å². The van der Waals surface area contributed by atoms with E-state index in [1.807, 2.05) is 18.3 Å². The summed E-state index contributed by atoms with van der Waals surface area (Å²) in [6.45, 7) is 0.549. The van der Waals surface area contributed by atoms with E-state index in [9.17, 15) is 5.11 Å². The van der Waals surface area contributed by atoms with E-state index in [0.29, 0.717) is 6.54 Å². The van der Waals surface area contributed by atoms with Gasteiger partial charge in [0.2, 0.25) is 0 Å². The predicted molar refractivity (Wildman–Crippen MR) is 83.6 cm³/mol. The molecule has 3 aromatic rings. The average Bonchev–Trinajstić information content (AvgIpc) is 2.52. The fourth-order valence-corrected chi connectivity index (χ4v) is 3.11. The monoisotopic (exact) mass is 278 g/mol. The summed E-state index contributed by atoms with van der Waals surface area (Å²) in [4.78, 5) is 3.15. The zero-order chi connectivity index (χ0) is 14.4. The van der Waals surface area contributed by atoms with Gasteiger partial charge < -0.3 is 16.2 Å². The Morgan fingerprint density at radius 3 is 2.86 bits per heavy atom. The molecule has 0 atom stereocenters. The number of fused-ring (bicyclic) bond motifs is 2. The second-order valence-corrected chi connectivity index (χ2v) is 5.28. The second-order valence-electron chi connectivity index (χ2n) is 5.28. The zero-order valence-corrected chi connectivity index (χ0v) is 11.5. The van der Waals surface area contributed by atoms with E-state index in [4.69, 9.17) is 5.73 Å². The molecule has 104 valence electrons. The highest BCUT2D eigenvalue weighted by Crippen LogP contribution is 2.45. The quantitative estimate of drug-likeness (QED) is 0.493. The Bertz CT molecular complexity index is 858. The number of H-pyrrole nitrogens is 1. The van der Waals surface area contributed by atoms with E-state index in [2.05, 4.69) is 28.5 Å². The van der Waals surface area contributed by atoms with E-state index in [-0.39, 0.29) is 5.75 Å². The maximum Gasteiger partial charge on any atom is 0.255 e. The molecule has 2 aromatic carbocycles. The zero-order valence-electron chi connectivity index (χ0n) is 11.5. The third-order valence-corrected chi connectivity index (χ3v) is 4.03. The van der Waals surface area contributed by atoms with Crippen LogP contribution in [0.5, 0.6) is 5.75 Å². The van der Waals surface area contributed by atoms with Crippen LogP contribution >= 0.6 is 0 Å². The van der Waals surface area contributed by atoms with E-state index in [1.165, 1.54) is 0 Å². The number of aromatic hydroxyl groups is 1. The molecule has 4 heteroatoms. The average molecular weight is 278 g/mol. The van der Waals surface area contributed by atoms with Gasteiger partial charge in [0, 0.05) is 22.9 Å². The van der Waals surface area contributed by atoms with Gasteiger partial charge in [-0.15, -0.1) is 0 Å². The summed E-state index contributed by atoms with van der Waals surface area (Å²) in [7, 11) is 0. The number of benzene rings is 2. The van der Waals surface area contributed by atoms with Crippen LogP contribution in [0.2, 0.25) is 0 Å². The molecule has 1 aromatic heterocycles. The molecule has 0 fully saturated rings. The summed E-state index contributed by atoms with van der Waals surface area (Å²) in [6.07, 6.45) is 2.59. The number of pyridine rings is 1. The number of hydrogen-bond donors (Lipinski definition) is 3. The summed E-state index contributed by atoms with van der Waals surface area (Å²) in [6, 6.07) is 12.1. The lowest BCUT2D eigenvalue weighted by Gasteiger charge is -2.23. The van der Waals surface area contributed by atoms with Crippen molar-refractivity contribution in [2.75, 3.05) is 11.9 Å². The normalized spacial score (nSPS) is 12.0. The van der Waals surface area contributed by atoms with Crippen LogP contribution in [-0.4, -0.2) is 11.7 Å². The Morgan fingerprint density at radius 2 is 2.00 bits per heavy atom. The first-order chi connectivity index (χ1) is 10.3. The number of phenolic OH excluding ortho intramolecular Hbond substituents is 1. The molecular formula is C17H16N3O+. The highest BCUT2D eigenvalue weighted by atomic mass is 16.3. The number of rotatable bonds is 2. The molecule has 1 aliphatic heterocycles. The minimum atomic E-state index is 0.264. The SMILES string of the molecule is NCCc1cc(O)c2[nH+]ccc3c2c1Nc1ccccc1-3. The smallest absolute Gasteiger partial charge is 0.255 e. The van der Waals surface area contributed by atoms with Crippen molar-refractivity contribution in [2.45, 2.75) is 6.42 Å². The number of aromatic nitrogens is 1. The summed E-state index contributed by atoms with van der Waals surface area (Å²) in [5, 5.41) is 14.8. The van der Waals surface area contributed by atoms with Crippen LogP contribution < -0.4 is 16.0 Å². The van der Waals surface area contributed by atoms with Crippen molar-refractivity contribution in [3.05, 3.63) is 48.2 Å². The Labute approximate surface area is 122 Å². The van der Waals surface area contributed by atoms with Gasteiger partial charge in [-0.1, -0.05) is 18.2 Å². The minimum Gasteiger partial charge on any atom is -0.502 e. The number of phenols is 1. The molecule has 1 aliphatic rings. The molecule has 4 nitrogen and oxygen atoms in total. The van der Waals surface area contributed by atoms with E-state index >= 15 is 0 Å². The minimum absolute atomic E-state index is 0.264. The number of para-hydroxylation sites is 1. The topological polar surface area (TPSA) is 72.4 Å². The molecule has 0 unspecified atom stereocenters. The molecule has 0 radical (unpaired) electrons. The molecule has 0 aliphatic carbocycles. The van der Waals surface area contributed by atoms with Crippen LogP contribution in [0, 0.1) is 0 Å². The fourth-order valence-electron chi connectivity index (χ4n) is 3.11. The van der Waals surface area contributed by atoms with Crippen molar-refractivity contribution < 1.29 is 10.1 Å². The van der Waals surface area contributed by atoms with Crippen LogP contribution in [0.25, 0.3) is 22.0 Å². The van der Waals surface area contributed by atoms with Crippen LogP contribution in [0.3, 0.4) is 0 Å². The Kier molecular flexibility index (Phi) is 2.59. The van der Waals surface area contributed by atoms with Gasteiger partial charge in [-0.3, -0.25) is 0 Å². The molecule has 0 saturated carbocycles. The maximum atomic E-state index is 10.3. The summed E-state index contributed by atoms with van der Waals surface area (Å²) in [5.41, 5.74) is 11.9. The first-order valence-corrected chi connectivity index (χ1v) is 7.05. The molecule has 0 saturated heterocycles. The number of anilines is 2. The van der Waals surface area contributed by atoms with Gasteiger partial charge in [0.05, 0.1) is 11.1 Å². The fraction of sp³-hybridized carbons (Fsp3) is 0.118. The number of nitrogens with one attached hydrogen (secondary N) is 2. The van der Waals surface area contributed by atoms with Crippen molar-refractivity contribution in [2.24, 2.45) is 5.73 Å². The Hall–Kier alpha value is -2.59. The van der Waals surface area contributed by atoms with Gasteiger partial charge in [-0.05, 0) is 30.7 Å². The van der Waals surface area contributed by atoms with Crippen LogP contribution in [0.4, 0.5) is 11.4 Å². The van der Waals surface area contributed by atoms with Crippen LogP contribution in [-0.2, 0) is 6.42 Å². The Morgan fingerprint density at radius 1 is 1.14 bits per heavy atom. The van der Waals surface area contributed by atoms with Crippen LogP contribution in [0.15, 0.2) is 42.6 Å². The number of nitrogens with two attached hydrogens (primary N) is 1. The van der Waals surface area contributed by atoms with Crippen molar-refractivity contribution in [1.82, 2.24) is 0 Å². The van der Waals surface area contributed by atoms with E-state index < -0.39 is 0 Å². The molecule has 21 heavy (non-hydrogen) atoms. The first-order valence-electron chi connectivity index (χ1n) is 7.05. The Balaban J connectivity index is 2.14. The summed E-state index contributed by atoms with van der Waals surface area (Å²) < 4.78 is 0. The van der Waals surface area contributed by atoms with Gasteiger partial charge in [0.15, 0.2) is 11.9 Å². The molecular weight excluding hydrogens is 262 g/mol. The molecule has 0 bridgehead atoms. The first kappa shape index (κ1) is 12.2. The lowest BCUT2D eigenvalue weighted by molar-refractivity contribution is -0.345. The predicted octanol–water partition coefficient (Wildman–Crippen LogP) is 2.58. The standard InChI is InChI=1S/C17H15N3O/c18-7-5-10-9-14(21)17-15-12(6-8-19-17)11-3-1-2-4-13(11)20-16(10)15/h1-4,6,8-9,20-21H,5,7,18H2/p+1. The van der Waals surface area contributed by atoms with E-state index in [0.717, 1.165) is 45.4 Å². The van der Waals surface area contributed by atoms with E-state index in [1.54, 1.807) is 6.07 Å². The molecule has 0 amide bonds. The lowest BCUT2D eigenvalue weighted by atomic mass is 9.92. The van der Waals surface area contributed by atoms with Crippen LogP contribution in [0.1, 0.15) is 5.56 Å². The van der Waals surface area contributed by atoms with Crippen molar-refractivity contribution in [3.8, 4) is 16.9 Å². The summed E-state index contributed by atoms with van der Waals surface area (Å²) >= 11 is 0. The van der Waals surface area contributed by atoms with Gasteiger partial charge in [-0.2, -0.15) is 0 Å². The highest BCUT2D eigenvalue weighted by molar-refractivity contribution is 6.11. The highest BCUT2D eigenvalue weighted by Gasteiger charge is 2.25. The maximum absolute atomic E-state index is 10.3. The largest absolute Gasteiger partial charge is 0.502 e. The van der Waals surface area contributed by atoms with Gasteiger partial charge in [-0.25, -0.2) is 4.98 Å². The van der Waals surface area contributed by atoms with Gasteiger partial charge >= 0.3 is 0 Å². The molecule has 4 rings (SSSR count). The molecule has 0 spiro atoms. The van der Waals surface area contributed by atoms with Gasteiger partial charge in [0.25, 0.3) is 5.52 Å². The molecule has 5 N–H and O–H groups in total. The number of hydrogen-bond acceptors (Lipinski definition) is 3. The molecule has 2 heterocycles.